The van der Waals surface area contributed by atoms with Crippen molar-refractivity contribution in [1.82, 2.24) is 4.98 Å². The van der Waals surface area contributed by atoms with Crippen LogP contribution in [0.25, 0.3) is 0 Å². The first-order valence-corrected chi connectivity index (χ1v) is 6.75. The van der Waals surface area contributed by atoms with Crippen LogP contribution in [0.3, 0.4) is 0 Å². The summed E-state index contributed by atoms with van der Waals surface area (Å²) in [5.74, 6) is -0.716. The van der Waals surface area contributed by atoms with E-state index in [4.69, 9.17) is 11.6 Å². The summed E-state index contributed by atoms with van der Waals surface area (Å²) in [6.45, 7) is 4.01. The molecule has 0 saturated heterocycles. The summed E-state index contributed by atoms with van der Waals surface area (Å²) in [7, 11) is 0. The number of halogens is 1. The number of hydrogen-bond acceptors (Lipinski definition) is 2. The van der Waals surface area contributed by atoms with Crippen molar-refractivity contribution in [3.8, 4) is 0 Å². The summed E-state index contributed by atoms with van der Waals surface area (Å²) in [5.41, 5.74) is 0.260. The number of aromatic nitrogens is 1. The maximum atomic E-state index is 11.6. The van der Waals surface area contributed by atoms with E-state index in [1.165, 1.54) is 0 Å². The average molecular weight is 270 g/mol. The van der Waals surface area contributed by atoms with Gasteiger partial charge in [0.1, 0.15) is 5.15 Å². The second kappa shape index (κ2) is 6.74. The Morgan fingerprint density at radius 3 is 2.72 bits per heavy atom. The third kappa shape index (κ3) is 3.70. The Labute approximate surface area is 113 Å². The van der Waals surface area contributed by atoms with Gasteiger partial charge in [0.05, 0.1) is 5.41 Å². The van der Waals surface area contributed by atoms with Crippen molar-refractivity contribution >= 4 is 17.6 Å². The predicted octanol–water partition coefficient (Wildman–Crippen LogP) is 3.95. The van der Waals surface area contributed by atoms with Crippen LogP contribution in [-0.4, -0.2) is 16.1 Å². The summed E-state index contributed by atoms with van der Waals surface area (Å²) in [6.07, 6.45) is 5.41. The summed E-state index contributed by atoms with van der Waals surface area (Å²) in [5, 5.41) is 9.95. The van der Waals surface area contributed by atoms with Gasteiger partial charge in [-0.2, -0.15) is 0 Å². The lowest BCUT2D eigenvalue weighted by Gasteiger charge is -2.28. The standard InChI is InChI=1S/C14H20ClNO2/c1-3-5-7-14(4-2,13(17)18)10-11-6-8-16-12(15)9-11/h6,8-9H,3-5,7,10H2,1-2H3,(H,17,18). The molecule has 0 bridgehead atoms. The number of carboxylic acid groups (broad SMARTS) is 1. The highest BCUT2D eigenvalue weighted by molar-refractivity contribution is 6.29. The normalized spacial score (nSPS) is 14.2. The third-order valence-electron chi connectivity index (χ3n) is 3.47. The molecule has 1 N–H and O–H groups in total. The third-order valence-corrected chi connectivity index (χ3v) is 3.68. The van der Waals surface area contributed by atoms with Crippen molar-refractivity contribution in [2.45, 2.75) is 46.0 Å². The number of rotatable bonds is 7. The van der Waals surface area contributed by atoms with E-state index in [9.17, 15) is 9.90 Å². The van der Waals surface area contributed by atoms with E-state index < -0.39 is 11.4 Å². The molecule has 1 atom stereocenters. The van der Waals surface area contributed by atoms with Gasteiger partial charge in [-0.1, -0.05) is 38.3 Å². The fourth-order valence-electron chi connectivity index (χ4n) is 2.18. The zero-order chi connectivity index (χ0) is 13.6. The quantitative estimate of drug-likeness (QED) is 0.763. The van der Waals surface area contributed by atoms with Crippen molar-refractivity contribution in [3.63, 3.8) is 0 Å². The molecule has 0 fully saturated rings. The van der Waals surface area contributed by atoms with Gasteiger partial charge in [-0.15, -0.1) is 0 Å². The molecule has 0 radical (unpaired) electrons. The Hall–Kier alpha value is -1.09. The van der Waals surface area contributed by atoms with Crippen LogP contribution in [0.2, 0.25) is 5.15 Å². The number of unbranched alkanes of at least 4 members (excludes halogenated alkanes) is 1. The second-order valence-electron chi connectivity index (χ2n) is 4.71. The Balaban J connectivity index is 2.93. The molecule has 1 rings (SSSR count). The zero-order valence-corrected chi connectivity index (χ0v) is 11.7. The highest BCUT2D eigenvalue weighted by Crippen LogP contribution is 2.33. The number of carbonyl (C=O) groups is 1. The molecule has 0 aromatic carbocycles. The van der Waals surface area contributed by atoms with E-state index >= 15 is 0 Å². The molecule has 1 aromatic heterocycles. The lowest BCUT2D eigenvalue weighted by Crippen LogP contribution is -2.32. The minimum absolute atomic E-state index is 0.415. The van der Waals surface area contributed by atoms with Crippen molar-refractivity contribution in [1.29, 1.82) is 0 Å². The Kier molecular flexibility index (Phi) is 5.60. The lowest BCUT2D eigenvalue weighted by molar-refractivity contribution is -0.149. The van der Waals surface area contributed by atoms with Gasteiger partial charge in [-0.25, -0.2) is 4.98 Å². The molecular weight excluding hydrogens is 250 g/mol. The highest BCUT2D eigenvalue weighted by atomic mass is 35.5. The summed E-state index contributed by atoms with van der Waals surface area (Å²) in [6, 6.07) is 3.59. The van der Waals surface area contributed by atoms with Gasteiger partial charge >= 0.3 is 5.97 Å². The number of aliphatic carboxylic acids is 1. The van der Waals surface area contributed by atoms with Crippen LogP contribution >= 0.6 is 11.6 Å². The maximum Gasteiger partial charge on any atom is 0.309 e. The van der Waals surface area contributed by atoms with Crippen LogP contribution in [0.5, 0.6) is 0 Å². The summed E-state index contributed by atoms with van der Waals surface area (Å²) < 4.78 is 0. The Morgan fingerprint density at radius 2 is 2.22 bits per heavy atom. The van der Waals surface area contributed by atoms with Crippen molar-refractivity contribution in [2.24, 2.45) is 5.41 Å². The van der Waals surface area contributed by atoms with E-state index in [-0.39, 0.29) is 0 Å². The molecule has 4 heteroatoms. The number of carboxylic acids is 1. The molecule has 18 heavy (non-hydrogen) atoms. The zero-order valence-electron chi connectivity index (χ0n) is 10.9. The highest BCUT2D eigenvalue weighted by Gasteiger charge is 2.36. The van der Waals surface area contributed by atoms with Crippen LogP contribution in [-0.2, 0) is 11.2 Å². The number of nitrogens with zero attached hydrogens (tertiary/aromatic N) is 1. The van der Waals surface area contributed by atoms with Crippen LogP contribution in [0.4, 0.5) is 0 Å². The van der Waals surface area contributed by atoms with E-state index in [0.29, 0.717) is 24.4 Å². The van der Waals surface area contributed by atoms with Gasteiger partial charge in [0.2, 0.25) is 0 Å². The van der Waals surface area contributed by atoms with Gasteiger partial charge < -0.3 is 5.11 Å². The summed E-state index contributed by atoms with van der Waals surface area (Å²) in [4.78, 5) is 15.5. The maximum absolute atomic E-state index is 11.6. The largest absolute Gasteiger partial charge is 0.481 e. The van der Waals surface area contributed by atoms with Crippen LogP contribution in [0.15, 0.2) is 18.3 Å². The molecule has 1 aromatic rings. The first kappa shape index (κ1) is 15.0. The van der Waals surface area contributed by atoms with E-state index in [1.54, 1.807) is 12.3 Å². The van der Waals surface area contributed by atoms with Crippen molar-refractivity contribution in [3.05, 3.63) is 29.0 Å². The van der Waals surface area contributed by atoms with Crippen LogP contribution < -0.4 is 0 Å². The summed E-state index contributed by atoms with van der Waals surface area (Å²) >= 11 is 5.84. The first-order chi connectivity index (χ1) is 8.54. The topological polar surface area (TPSA) is 50.2 Å². The molecule has 100 valence electrons. The van der Waals surface area contributed by atoms with E-state index in [0.717, 1.165) is 18.4 Å². The van der Waals surface area contributed by atoms with Crippen LogP contribution in [0.1, 0.15) is 45.1 Å². The number of pyridine rings is 1. The molecule has 3 nitrogen and oxygen atoms in total. The van der Waals surface area contributed by atoms with Gasteiger partial charge in [-0.3, -0.25) is 4.79 Å². The predicted molar refractivity (Wildman–Crippen MR) is 72.8 cm³/mol. The van der Waals surface area contributed by atoms with Gasteiger partial charge in [0.25, 0.3) is 0 Å². The fraction of sp³-hybridized carbons (Fsp3) is 0.571. The molecule has 1 unspecified atom stereocenters. The molecule has 0 amide bonds. The Bertz CT molecular complexity index is 409. The van der Waals surface area contributed by atoms with Gasteiger partial charge in [-0.05, 0) is 37.0 Å². The number of hydrogen-bond donors (Lipinski definition) is 1. The molecule has 0 spiro atoms. The van der Waals surface area contributed by atoms with Gasteiger partial charge in [0.15, 0.2) is 0 Å². The Morgan fingerprint density at radius 1 is 1.50 bits per heavy atom. The SMILES string of the molecule is CCCCC(CC)(Cc1ccnc(Cl)c1)C(=O)O. The second-order valence-corrected chi connectivity index (χ2v) is 5.09. The lowest BCUT2D eigenvalue weighted by atomic mass is 9.75. The minimum Gasteiger partial charge on any atom is -0.481 e. The smallest absolute Gasteiger partial charge is 0.309 e. The van der Waals surface area contributed by atoms with Gasteiger partial charge in [0, 0.05) is 6.20 Å². The molecule has 1 heterocycles. The molecule has 0 aliphatic rings. The minimum atomic E-state index is -0.716. The van der Waals surface area contributed by atoms with E-state index in [2.05, 4.69) is 11.9 Å². The van der Waals surface area contributed by atoms with Crippen LogP contribution in [0, 0.1) is 5.41 Å². The van der Waals surface area contributed by atoms with E-state index in [1.807, 2.05) is 13.0 Å². The molecular formula is C14H20ClNO2. The fourth-order valence-corrected chi connectivity index (χ4v) is 2.38. The monoisotopic (exact) mass is 269 g/mol. The average Bonchev–Trinajstić information content (AvgIpc) is 2.34. The molecule has 0 aliphatic heterocycles. The first-order valence-electron chi connectivity index (χ1n) is 6.38. The van der Waals surface area contributed by atoms with Crippen molar-refractivity contribution in [2.75, 3.05) is 0 Å². The molecule has 0 saturated carbocycles. The van der Waals surface area contributed by atoms with Crippen molar-refractivity contribution < 1.29 is 9.90 Å². The molecule has 0 aliphatic carbocycles.